The minimum atomic E-state index is -2.90. The van der Waals surface area contributed by atoms with Crippen molar-refractivity contribution in [3.05, 3.63) is 0 Å². The van der Waals surface area contributed by atoms with Crippen molar-refractivity contribution in [3.63, 3.8) is 0 Å². The summed E-state index contributed by atoms with van der Waals surface area (Å²) >= 11 is 0. The van der Waals surface area contributed by atoms with Crippen LogP contribution in [-0.2, 0) is 57.9 Å². The minimum Gasteiger partial charge on any atom is -0.397 e. The first-order valence-electron chi connectivity index (χ1n) is 13.7. The zero-order valence-corrected chi connectivity index (χ0v) is 31.5. The van der Waals surface area contributed by atoms with Crippen LogP contribution in [0, 0.1) is 23.7 Å². The van der Waals surface area contributed by atoms with Crippen LogP contribution in [0.4, 0.5) is 0 Å². The van der Waals surface area contributed by atoms with Crippen molar-refractivity contribution in [1.82, 2.24) is 0 Å². The summed E-state index contributed by atoms with van der Waals surface area (Å²) in [5, 5.41) is 0. The summed E-state index contributed by atoms with van der Waals surface area (Å²) in [6.07, 6.45) is 0. The smallest absolute Gasteiger partial charge is 0.397 e. The summed E-state index contributed by atoms with van der Waals surface area (Å²) in [4.78, 5) is 50.0. The molecule has 0 saturated heterocycles. The van der Waals surface area contributed by atoms with Crippen LogP contribution in [0.2, 0.25) is 22.2 Å². The third kappa shape index (κ3) is 10.5. The van der Waals surface area contributed by atoms with E-state index in [1.807, 2.05) is 83.1 Å². The molecule has 0 heterocycles. The fraction of sp³-hybridized carbons (Fsp3) is 0.857. The van der Waals surface area contributed by atoms with E-state index >= 15 is 0 Å². The molecule has 0 fully saturated rings. The van der Waals surface area contributed by atoms with Gasteiger partial charge < -0.3 is 17.7 Å². The summed E-state index contributed by atoms with van der Waals surface area (Å²) in [7, 11) is 0.380. The maximum Gasteiger partial charge on any atom is 2.00 e. The Morgan fingerprint density at radius 1 is 0.410 bits per heavy atom. The average molecular weight is 772 g/mol. The number of hydrogen-bond donors (Lipinski definition) is 0. The van der Waals surface area contributed by atoms with Crippen LogP contribution in [0.3, 0.4) is 0 Å². The van der Waals surface area contributed by atoms with Crippen LogP contribution >= 0.6 is 0 Å². The molecule has 0 atom stereocenters. The van der Waals surface area contributed by atoms with Gasteiger partial charge in [-0.25, -0.2) is 0 Å². The Morgan fingerprint density at radius 3 is 0.641 bits per heavy atom. The Kier molecular flexibility index (Phi) is 20.9. The molecule has 0 saturated carbocycles. The topological polar surface area (TPSA) is 105 Å². The second kappa shape index (κ2) is 19.0. The third-order valence-electron chi connectivity index (χ3n) is 7.10. The first-order chi connectivity index (χ1) is 17.3. The molecule has 0 aliphatic carbocycles. The molecule has 0 radical (unpaired) electrons. The second-order valence-corrected chi connectivity index (χ2v) is 19.6. The minimum absolute atomic E-state index is 0. The van der Waals surface area contributed by atoms with Crippen LogP contribution < -0.4 is 0 Å². The van der Waals surface area contributed by atoms with Crippen molar-refractivity contribution in [3.8, 4) is 0 Å². The number of rotatable bonds is 16. The zero-order valence-electron chi connectivity index (χ0n) is 27.2. The van der Waals surface area contributed by atoms with Gasteiger partial charge in [0, 0.05) is 52.1 Å². The Hall–Kier alpha value is -0.358. The Bertz CT molecular complexity index is 670. The molecule has 0 aromatic carbocycles. The van der Waals surface area contributed by atoms with E-state index in [1.54, 1.807) is 28.4 Å². The predicted molar refractivity (Wildman–Crippen MR) is 157 cm³/mol. The fourth-order valence-corrected chi connectivity index (χ4v) is 12.1. The SMILES string of the molecule is CO[Si](OC)(C(C)C)C(C(=O)C(C)C)C(=O)C(C)C.CO[Si](OC)(C(C)C)C(C(=O)C(C)C)C(=O)C(C)C.[Pt+2]. The van der Waals surface area contributed by atoms with Crippen LogP contribution in [-0.4, -0.2) is 68.7 Å². The van der Waals surface area contributed by atoms with Crippen molar-refractivity contribution in [2.24, 2.45) is 23.7 Å². The zero-order chi connectivity index (χ0) is 30.8. The van der Waals surface area contributed by atoms with Crippen LogP contribution in [0.15, 0.2) is 0 Å². The monoisotopic (exact) mass is 771 g/mol. The molecule has 11 heteroatoms. The molecule has 0 rings (SSSR count). The summed E-state index contributed by atoms with van der Waals surface area (Å²) < 4.78 is 22.5. The van der Waals surface area contributed by atoms with Gasteiger partial charge >= 0.3 is 38.2 Å². The van der Waals surface area contributed by atoms with E-state index in [2.05, 4.69) is 0 Å². The predicted octanol–water partition coefficient (Wildman–Crippen LogP) is 5.90. The molecular weight excluding hydrogens is 716 g/mol. The molecule has 0 N–H and O–H groups in total. The molecule has 0 aliphatic heterocycles. The van der Waals surface area contributed by atoms with E-state index in [0.29, 0.717) is 0 Å². The van der Waals surface area contributed by atoms with Gasteiger partial charge in [-0.15, -0.1) is 0 Å². The fourth-order valence-electron chi connectivity index (χ4n) is 4.65. The summed E-state index contributed by atoms with van der Waals surface area (Å²) in [5.74, 6) is -1.09. The van der Waals surface area contributed by atoms with Gasteiger partial charge in [0.05, 0.1) is 0 Å². The first-order valence-corrected chi connectivity index (χ1v) is 17.6. The van der Waals surface area contributed by atoms with Gasteiger partial charge in [-0.3, -0.25) is 19.2 Å². The number of carbonyl (C=O) groups is 4. The van der Waals surface area contributed by atoms with Crippen molar-refractivity contribution in [2.75, 3.05) is 28.4 Å². The molecule has 0 amide bonds. The molecule has 0 aromatic heterocycles. The summed E-state index contributed by atoms with van der Waals surface area (Å²) in [6.45, 7) is 22.3. The first kappa shape index (κ1) is 43.1. The van der Waals surface area contributed by atoms with Gasteiger partial charge in [-0.05, 0) is 11.1 Å². The number of hydrogen-bond acceptors (Lipinski definition) is 8. The van der Waals surface area contributed by atoms with Crippen molar-refractivity contribution < 1.29 is 57.9 Å². The number of Topliss-reactive ketones (excluding diaryl/α,β-unsaturated/α-hetero) is 4. The Morgan fingerprint density at radius 2 is 0.564 bits per heavy atom. The quantitative estimate of drug-likeness (QED) is 0.141. The van der Waals surface area contributed by atoms with Gasteiger partial charge in [-0.1, -0.05) is 83.1 Å². The number of ketones is 4. The Balaban J connectivity index is -0.000000648. The van der Waals surface area contributed by atoms with E-state index in [0.717, 1.165) is 0 Å². The van der Waals surface area contributed by atoms with Crippen LogP contribution in [0.5, 0.6) is 0 Å². The van der Waals surface area contributed by atoms with Gasteiger partial charge in [0.1, 0.15) is 34.2 Å². The van der Waals surface area contributed by atoms with E-state index in [9.17, 15) is 19.2 Å². The van der Waals surface area contributed by atoms with Crippen molar-refractivity contribution in [2.45, 2.75) is 105 Å². The van der Waals surface area contributed by atoms with Crippen LogP contribution in [0.25, 0.3) is 0 Å². The van der Waals surface area contributed by atoms with Crippen molar-refractivity contribution in [1.29, 1.82) is 0 Å². The Labute approximate surface area is 254 Å². The van der Waals surface area contributed by atoms with Crippen molar-refractivity contribution >= 4 is 40.3 Å². The number of carbonyl (C=O) groups excluding carboxylic acids is 4. The summed E-state index contributed by atoms with van der Waals surface area (Å²) in [5.41, 5.74) is -1.44. The molecule has 0 bridgehead atoms. The molecule has 0 spiro atoms. The van der Waals surface area contributed by atoms with Gasteiger partial charge in [0.15, 0.2) is 0 Å². The molecule has 39 heavy (non-hydrogen) atoms. The van der Waals surface area contributed by atoms with Gasteiger partial charge in [-0.2, -0.15) is 0 Å². The van der Waals surface area contributed by atoms with E-state index < -0.39 is 28.2 Å². The van der Waals surface area contributed by atoms with Crippen LogP contribution in [0.1, 0.15) is 83.1 Å². The summed E-state index contributed by atoms with van der Waals surface area (Å²) in [6, 6.07) is 0. The third-order valence-corrected chi connectivity index (χ3v) is 15.6. The molecule has 0 aliphatic rings. The molecule has 232 valence electrons. The molecule has 0 unspecified atom stereocenters. The molecule has 0 aromatic rings. The van der Waals surface area contributed by atoms with E-state index in [1.165, 1.54) is 0 Å². The molecular formula is C28H56O8PtSi2+2. The van der Waals surface area contributed by atoms with Gasteiger partial charge in [0.25, 0.3) is 0 Å². The standard InChI is InChI=1S/2C14H28O4Si.Pt/c2*1-9(2)12(15)14(13(16)10(3)4)19(17-7,18-8)11(5)6;/h2*9-11,14H,1-8H3;/q;;+2. The maximum absolute atomic E-state index is 12.5. The normalized spacial score (nSPS) is 12.5. The average Bonchev–Trinajstić information content (AvgIpc) is 2.83. The van der Waals surface area contributed by atoms with Gasteiger partial charge in [0.2, 0.25) is 0 Å². The maximum atomic E-state index is 12.5. The van der Waals surface area contributed by atoms with E-state index in [-0.39, 0.29) is 79.0 Å². The van der Waals surface area contributed by atoms with E-state index in [4.69, 9.17) is 17.7 Å². The largest absolute Gasteiger partial charge is 2.00 e. The second-order valence-electron chi connectivity index (χ2n) is 11.7. The molecule has 8 nitrogen and oxygen atoms in total.